The van der Waals surface area contributed by atoms with E-state index in [1.54, 1.807) is 0 Å². The molecule has 1 fully saturated rings. The highest BCUT2D eigenvalue weighted by molar-refractivity contribution is 5.98. The van der Waals surface area contributed by atoms with Gasteiger partial charge >= 0.3 is 0 Å². The van der Waals surface area contributed by atoms with Crippen molar-refractivity contribution in [3.63, 3.8) is 0 Å². The van der Waals surface area contributed by atoms with Crippen LogP contribution in [0.25, 0.3) is 22.4 Å². The molecule has 1 aliphatic carbocycles. The molecule has 0 spiro atoms. The molecule has 0 radical (unpaired) electrons. The summed E-state index contributed by atoms with van der Waals surface area (Å²) >= 11 is 0. The molecule has 4 aromatic rings. The monoisotopic (exact) mass is 375 g/mol. The molecule has 5 rings (SSSR count). The summed E-state index contributed by atoms with van der Waals surface area (Å²) in [5, 5.41) is 27.0. The summed E-state index contributed by atoms with van der Waals surface area (Å²) < 4.78 is 7.74. The van der Waals surface area contributed by atoms with Crippen molar-refractivity contribution in [1.29, 1.82) is 0 Å². The molecule has 8 nitrogen and oxygen atoms in total. The number of hydrogen-bond acceptors (Lipinski definition) is 7. The van der Waals surface area contributed by atoms with Gasteiger partial charge in [-0.3, -0.25) is 4.68 Å². The average molecular weight is 375 g/mol. The molecule has 0 bridgehead atoms. The Balaban J connectivity index is 1.50. The van der Waals surface area contributed by atoms with Gasteiger partial charge in [0.15, 0.2) is 11.5 Å². The smallest absolute Gasteiger partial charge is 0.268 e. The van der Waals surface area contributed by atoms with E-state index in [1.165, 1.54) is 5.56 Å². The minimum atomic E-state index is 0.410. The molecule has 0 unspecified atom stereocenters. The van der Waals surface area contributed by atoms with E-state index >= 15 is 0 Å². The van der Waals surface area contributed by atoms with E-state index in [0.29, 0.717) is 29.9 Å². The van der Waals surface area contributed by atoms with Gasteiger partial charge in [-0.25, -0.2) is 0 Å². The van der Waals surface area contributed by atoms with Crippen molar-refractivity contribution in [3.05, 3.63) is 47.1 Å². The van der Waals surface area contributed by atoms with E-state index in [4.69, 9.17) is 4.42 Å². The lowest BCUT2D eigenvalue weighted by atomic mass is 10.1. The number of nitrogens with one attached hydrogen (secondary N) is 1. The number of fused-ring (bicyclic) bond motifs is 1. The second-order valence-electron chi connectivity index (χ2n) is 7.29. The Morgan fingerprint density at radius 3 is 2.57 bits per heavy atom. The van der Waals surface area contributed by atoms with Gasteiger partial charge in [0.1, 0.15) is 0 Å². The topological polar surface area (TPSA) is 94.6 Å². The Kier molecular flexibility index (Phi) is 3.85. The maximum atomic E-state index is 5.85. The van der Waals surface area contributed by atoms with Crippen LogP contribution in [0.15, 0.2) is 28.7 Å². The number of hydrogen-bond donors (Lipinski definition) is 1. The number of rotatable bonds is 5. The van der Waals surface area contributed by atoms with Crippen molar-refractivity contribution in [2.75, 3.05) is 5.32 Å². The van der Waals surface area contributed by atoms with Crippen LogP contribution in [0.3, 0.4) is 0 Å². The summed E-state index contributed by atoms with van der Waals surface area (Å²) in [6, 6.07) is 8.00. The van der Waals surface area contributed by atoms with Gasteiger partial charge in [-0.15, -0.1) is 20.4 Å². The minimum absolute atomic E-state index is 0.410. The first-order chi connectivity index (χ1) is 13.6. The van der Waals surface area contributed by atoms with E-state index < -0.39 is 0 Å². The Morgan fingerprint density at radius 1 is 1.07 bits per heavy atom. The largest absolute Gasteiger partial charge is 0.419 e. The van der Waals surface area contributed by atoms with Crippen molar-refractivity contribution >= 4 is 16.6 Å². The lowest BCUT2D eigenvalue weighted by Crippen LogP contribution is -2.06. The zero-order valence-electron chi connectivity index (χ0n) is 16.1. The third-order valence-corrected chi connectivity index (χ3v) is 5.35. The van der Waals surface area contributed by atoms with Gasteiger partial charge in [-0.2, -0.15) is 5.10 Å². The van der Waals surface area contributed by atoms with Crippen molar-refractivity contribution in [2.45, 2.75) is 39.2 Å². The molecule has 0 aliphatic heterocycles. The van der Waals surface area contributed by atoms with Crippen LogP contribution >= 0.6 is 0 Å². The zero-order chi connectivity index (χ0) is 19.3. The van der Waals surface area contributed by atoms with Crippen LogP contribution in [0.5, 0.6) is 0 Å². The molecule has 8 heteroatoms. The average Bonchev–Trinajstić information content (AvgIpc) is 3.39. The second kappa shape index (κ2) is 6.40. The predicted molar refractivity (Wildman–Crippen MR) is 105 cm³/mol. The Bertz CT molecular complexity index is 1170. The first-order valence-corrected chi connectivity index (χ1v) is 9.44. The van der Waals surface area contributed by atoms with E-state index in [1.807, 2.05) is 42.9 Å². The third-order valence-electron chi connectivity index (χ3n) is 5.35. The molecule has 1 saturated carbocycles. The molecule has 3 heterocycles. The van der Waals surface area contributed by atoms with Crippen molar-refractivity contribution in [2.24, 2.45) is 7.05 Å². The fraction of sp³-hybridized carbons (Fsp3) is 0.350. The quantitative estimate of drug-likeness (QED) is 0.570. The summed E-state index contributed by atoms with van der Waals surface area (Å²) in [6.45, 7) is 4.72. The number of aryl methyl sites for hydroxylation is 2. The molecule has 1 N–H and O–H groups in total. The van der Waals surface area contributed by atoms with Crippen LogP contribution in [0.4, 0.5) is 5.82 Å². The van der Waals surface area contributed by atoms with Crippen molar-refractivity contribution in [1.82, 2.24) is 30.2 Å². The van der Waals surface area contributed by atoms with E-state index in [2.05, 4.69) is 37.7 Å². The maximum absolute atomic E-state index is 5.85. The molecular weight excluding hydrogens is 354 g/mol. The van der Waals surface area contributed by atoms with Gasteiger partial charge in [0.2, 0.25) is 5.89 Å². The lowest BCUT2D eigenvalue weighted by molar-refractivity contribution is 0.507. The maximum Gasteiger partial charge on any atom is 0.268 e. The normalized spacial score (nSPS) is 14.0. The van der Waals surface area contributed by atoms with Crippen molar-refractivity contribution in [3.8, 4) is 11.6 Å². The molecular formula is C20H21N7O. The Labute approximate surface area is 162 Å². The van der Waals surface area contributed by atoms with Crippen LogP contribution < -0.4 is 5.32 Å². The van der Waals surface area contributed by atoms with Gasteiger partial charge in [0, 0.05) is 41.5 Å². The van der Waals surface area contributed by atoms with Crippen LogP contribution in [0.2, 0.25) is 0 Å². The number of aromatic nitrogens is 6. The van der Waals surface area contributed by atoms with Crippen LogP contribution in [-0.4, -0.2) is 30.2 Å². The van der Waals surface area contributed by atoms with Gasteiger partial charge in [-0.1, -0.05) is 24.3 Å². The summed E-state index contributed by atoms with van der Waals surface area (Å²) in [7, 11) is 1.95. The molecule has 0 atom stereocenters. The number of benzene rings is 1. The SMILES string of the molecule is Cc1nn(C)c(C)c1CNc1nnc(-c2nnc(C3CC3)o2)c2ccccc12. The Hall–Kier alpha value is -3.29. The molecule has 142 valence electrons. The van der Waals surface area contributed by atoms with E-state index in [-0.39, 0.29) is 0 Å². The van der Waals surface area contributed by atoms with Gasteiger partial charge in [-0.05, 0) is 26.7 Å². The van der Waals surface area contributed by atoms with Gasteiger partial charge < -0.3 is 9.73 Å². The molecule has 1 aromatic carbocycles. The number of anilines is 1. The highest BCUT2D eigenvalue weighted by Crippen LogP contribution is 2.40. The first-order valence-electron chi connectivity index (χ1n) is 9.44. The highest BCUT2D eigenvalue weighted by Gasteiger charge is 2.30. The molecule has 1 aliphatic rings. The first kappa shape index (κ1) is 16.9. The molecule has 0 amide bonds. The summed E-state index contributed by atoms with van der Waals surface area (Å²) in [5.41, 5.74) is 3.94. The zero-order valence-corrected chi connectivity index (χ0v) is 16.1. The van der Waals surface area contributed by atoms with Crippen LogP contribution in [-0.2, 0) is 13.6 Å². The standard InChI is InChI=1S/C20H21N7O/c1-11-16(12(2)27(3)26-11)10-21-18-15-7-5-4-6-14(15)17(22-23-18)20-25-24-19(28-20)13-8-9-13/h4-7,13H,8-10H2,1-3H3,(H,21,23). The lowest BCUT2D eigenvalue weighted by Gasteiger charge is -2.10. The Morgan fingerprint density at radius 2 is 1.86 bits per heavy atom. The van der Waals surface area contributed by atoms with E-state index in [0.717, 1.165) is 40.8 Å². The van der Waals surface area contributed by atoms with Crippen LogP contribution in [0, 0.1) is 13.8 Å². The highest BCUT2D eigenvalue weighted by atomic mass is 16.4. The predicted octanol–water partition coefficient (Wildman–Crippen LogP) is 3.52. The second-order valence-corrected chi connectivity index (χ2v) is 7.29. The van der Waals surface area contributed by atoms with Crippen molar-refractivity contribution < 1.29 is 4.42 Å². The molecule has 0 saturated heterocycles. The summed E-state index contributed by atoms with van der Waals surface area (Å²) in [6.07, 6.45) is 2.23. The fourth-order valence-corrected chi connectivity index (χ4v) is 3.46. The molecule has 3 aromatic heterocycles. The summed E-state index contributed by atoms with van der Waals surface area (Å²) in [5.74, 6) is 2.26. The van der Waals surface area contributed by atoms with Crippen LogP contribution in [0.1, 0.15) is 41.6 Å². The molecule has 28 heavy (non-hydrogen) atoms. The van der Waals surface area contributed by atoms with Gasteiger partial charge in [0.05, 0.1) is 5.69 Å². The summed E-state index contributed by atoms with van der Waals surface area (Å²) in [4.78, 5) is 0. The van der Waals surface area contributed by atoms with E-state index in [9.17, 15) is 0 Å². The number of nitrogens with zero attached hydrogens (tertiary/aromatic N) is 6. The minimum Gasteiger partial charge on any atom is -0.419 e. The van der Waals surface area contributed by atoms with Gasteiger partial charge in [0.25, 0.3) is 5.89 Å². The fourth-order valence-electron chi connectivity index (χ4n) is 3.46. The third kappa shape index (κ3) is 2.81.